The summed E-state index contributed by atoms with van der Waals surface area (Å²) in [4.78, 5) is 23.7. The van der Waals surface area contributed by atoms with E-state index in [9.17, 15) is 18.4 Å². The molecule has 1 aromatic heterocycles. The number of esters is 1. The maximum Gasteiger partial charge on any atom is 0.359 e. The fraction of sp³-hybridized carbons (Fsp3) is 0.0625. The van der Waals surface area contributed by atoms with E-state index in [0.717, 1.165) is 12.1 Å². The molecule has 1 heterocycles. The van der Waals surface area contributed by atoms with Crippen molar-refractivity contribution in [1.82, 2.24) is 10.2 Å². The van der Waals surface area contributed by atoms with Crippen LogP contribution in [-0.2, 0) is 9.53 Å². The molecule has 0 bridgehead atoms. The molecule has 2 aromatic carbocycles. The Morgan fingerprint density at radius 3 is 2.71 bits per heavy atom. The molecule has 2 N–H and O–H groups in total. The molecule has 0 unspecified atom stereocenters. The molecule has 0 spiro atoms. The number of rotatable bonds is 4. The second-order valence-electron chi connectivity index (χ2n) is 4.87. The van der Waals surface area contributed by atoms with Gasteiger partial charge in [-0.1, -0.05) is 18.2 Å². The standard InChI is InChI=1S/C16H11F2N3O3/c17-11-6-5-9(7-12(11)18)19-14(22)8-24-16(23)15-10-3-1-2-4-13(10)20-21-15/h1-7H,8H2,(H,19,22)(H,20,21). The van der Waals surface area contributed by atoms with Crippen LogP contribution in [0.15, 0.2) is 42.5 Å². The third-order valence-corrected chi connectivity index (χ3v) is 3.20. The van der Waals surface area contributed by atoms with Gasteiger partial charge in [0.25, 0.3) is 5.91 Å². The van der Waals surface area contributed by atoms with E-state index in [-0.39, 0.29) is 11.4 Å². The summed E-state index contributed by atoms with van der Waals surface area (Å²) in [6, 6.07) is 9.86. The quantitative estimate of drug-likeness (QED) is 0.720. The minimum absolute atomic E-state index is 0.0557. The topological polar surface area (TPSA) is 84.1 Å². The number of halogens is 2. The number of hydrogen-bond acceptors (Lipinski definition) is 4. The number of aromatic amines is 1. The van der Waals surface area contributed by atoms with Crippen molar-refractivity contribution in [1.29, 1.82) is 0 Å². The molecular formula is C16H11F2N3O3. The fourth-order valence-electron chi connectivity index (χ4n) is 2.09. The summed E-state index contributed by atoms with van der Waals surface area (Å²) in [7, 11) is 0. The Balaban J connectivity index is 1.61. The molecule has 122 valence electrons. The lowest BCUT2D eigenvalue weighted by Crippen LogP contribution is -2.21. The van der Waals surface area contributed by atoms with Crippen molar-refractivity contribution in [2.75, 3.05) is 11.9 Å². The molecule has 8 heteroatoms. The summed E-state index contributed by atoms with van der Waals surface area (Å²) in [5.41, 5.74) is 0.780. The lowest BCUT2D eigenvalue weighted by molar-refractivity contribution is -0.119. The predicted octanol–water partition coefficient (Wildman–Crippen LogP) is 2.64. The number of nitrogens with zero attached hydrogens (tertiary/aromatic N) is 1. The molecule has 0 saturated carbocycles. The van der Waals surface area contributed by atoms with Crippen molar-refractivity contribution in [3.8, 4) is 0 Å². The van der Waals surface area contributed by atoms with Gasteiger partial charge in [-0.15, -0.1) is 0 Å². The number of benzene rings is 2. The van der Waals surface area contributed by atoms with Crippen molar-refractivity contribution < 1.29 is 23.1 Å². The number of fused-ring (bicyclic) bond motifs is 1. The predicted molar refractivity (Wildman–Crippen MR) is 81.4 cm³/mol. The maximum atomic E-state index is 13.1. The zero-order valence-corrected chi connectivity index (χ0v) is 12.2. The molecule has 0 fully saturated rings. The Morgan fingerprint density at radius 2 is 1.92 bits per heavy atom. The van der Waals surface area contributed by atoms with Crippen LogP contribution in [0, 0.1) is 11.6 Å². The summed E-state index contributed by atoms with van der Waals surface area (Å²) in [5, 5.41) is 9.40. The lowest BCUT2D eigenvalue weighted by atomic mass is 10.2. The highest BCUT2D eigenvalue weighted by molar-refractivity contribution is 6.03. The molecule has 0 saturated heterocycles. The average Bonchev–Trinajstić information content (AvgIpc) is 3.00. The van der Waals surface area contributed by atoms with Gasteiger partial charge in [0.2, 0.25) is 0 Å². The van der Waals surface area contributed by atoms with Crippen LogP contribution in [0.2, 0.25) is 0 Å². The third-order valence-electron chi connectivity index (χ3n) is 3.20. The van der Waals surface area contributed by atoms with Gasteiger partial charge in [0.1, 0.15) is 0 Å². The highest BCUT2D eigenvalue weighted by Crippen LogP contribution is 2.16. The molecule has 0 aliphatic heterocycles. The minimum atomic E-state index is -1.09. The molecule has 3 rings (SSSR count). The number of ether oxygens (including phenoxy) is 1. The van der Waals surface area contributed by atoms with E-state index in [4.69, 9.17) is 4.74 Å². The number of carbonyl (C=O) groups is 2. The van der Waals surface area contributed by atoms with Gasteiger partial charge in [-0.2, -0.15) is 5.10 Å². The Kier molecular flexibility index (Phi) is 4.19. The van der Waals surface area contributed by atoms with Crippen molar-refractivity contribution >= 4 is 28.5 Å². The summed E-state index contributed by atoms with van der Waals surface area (Å²) < 4.78 is 30.7. The number of aromatic nitrogens is 2. The highest BCUT2D eigenvalue weighted by atomic mass is 19.2. The van der Waals surface area contributed by atoms with Gasteiger partial charge in [0.15, 0.2) is 23.9 Å². The SMILES string of the molecule is O=C(COC(=O)c1n[nH]c2ccccc12)Nc1ccc(F)c(F)c1. The summed E-state index contributed by atoms with van der Waals surface area (Å²) >= 11 is 0. The van der Waals surface area contributed by atoms with Crippen molar-refractivity contribution in [2.45, 2.75) is 0 Å². The monoisotopic (exact) mass is 331 g/mol. The molecule has 0 aliphatic rings. The van der Waals surface area contributed by atoms with Crippen LogP contribution in [0.4, 0.5) is 14.5 Å². The smallest absolute Gasteiger partial charge is 0.359 e. The summed E-state index contributed by atoms with van der Waals surface area (Å²) in [5.74, 6) is -3.57. The van der Waals surface area contributed by atoms with Gasteiger partial charge in [0, 0.05) is 17.1 Å². The van der Waals surface area contributed by atoms with E-state index >= 15 is 0 Å². The number of carbonyl (C=O) groups excluding carboxylic acids is 2. The zero-order chi connectivity index (χ0) is 17.1. The van der Waals surface area contributed by atoms with Gasteiger partial charge < -0.3 is 10.1 Å². The molecule has 1 amide bonds. The molecular weight excluding hydrogens is 320 g/mol. The third kappa shape index (κ3) is 3.22. The number of nitrogens with one attached hydrogen (secondary N) is 2. The van der Waals surface area contributed by atoms with Crippen LogP contribution in [-0.4, -0.2) is 28.7 Å². The average molecular weight is 331 g/mol. The second kappa shape index (κ2) is 6.45. The normalized spacial score (nSPS) is 10.6. The number of H-pyrrole nitrogens is 1. The van der Waals surface area contributed by atoms with Crippen molar-refractivity contribution in [2.24, 2.45) is 0 Å². The molecule has 24 heavy (non-hydrogen) atoms. The molecule has 3 aromatic rings. The Labute approximate surface area is 134 Å². The second-order valence-corrected chi connectivity index (χ2v) is 4.87. The largest absolute Gasteiger partial charge is 0.451 e. The van der Waals surface area contributed by atoms with E-state index < -0.39 is 30.1 Å². The van der Waals surface area contributed by atoms with Crippen LogP contribution in [0.25, 0.3) is 10.9 Å². The first-order chi connectivity index (χ1) is 11.5. The minimum Gasteiger partial charge on any atom is -0.451 e. The van der Waals surface area contributed by atoms with Crippen LogP contribution in [0.3, 0.4) is 0 Å². The molecule has 6 nitrogen and oxygen atoms in total. The molecule has 0 atom stereocenters. The number of hydrogen-bond donors (Lipinski definition) is 2. The van der Waals surface area contributed by atoms with Gasteiger partial charge in [-0.05, 0) is 18.2 Å². The Hall–Kier alpha value is -3.29. The van der Waals surface area contributed by atoms with E-state index in [0.29, 0.717) is 10.9 Å². The van der Waals surface area contributed by atoms with Gasteiger partial charge >= 0.3 is 5.97 Å². The van der Waals surface area contributed by atoms with Crippen LogP contribution < -0.4 is 5.32 Å². The molecule has 0 aliphatic carbocycles. The fourth-order valence-corrected chi connectivity index (χ4v) is 2.09. The zero-order valence-electron chi connectivity index (χ0n) is 12.2. The van der Waals surface area contributed by atoms with Crippen LogP contribution >= 0.6 is 0 Å². The first-order valence-electron chi connectivity index (χ1n) is 6.90. The first kappa shape index (κ1) is 15.6. The number of amides is 1. The molecule has 0 radical (unpaired) electrons. The number of anilines is 1. The highest BCUT2D eigenvalue weighted by Gasteiger charge is 2.17. The summed E-state index contributed by atoms with van der Waals surface area (Å²) in [6.07, 6.45) is 0. The maximum absolute atomic E-state index is 13.1. The summed E-state index contributed by atoms with van der Waals surface area (Å²) in [6.45, 7) is -0.584. The van der Waals surface area contributed by atoms with Gasteiger partial charge in [-0.3, -0.25) is 9.89 Å². The van der Waals surface area contributed by atoms with Crippen LogP contribution in [0.5, 0.6) is 0 Å². The van der Waals surface area contributed by atoms with Crippen LogP contribution in [0.1, 0.15) is 10.5 Å². The van der Waals surface area contributed by atoms with Gasteiger partial charge in [0.05, 0.1) is 5.52 Å². The first-order valence-corrected chi connectivity index (χ1v) is 6.90. The van der Waals surface area contributed by atoms with E-state index in [1.807, 2.05) is 0 Å². The number of para-hydroxylation sites is 1. The lowest BCUT2D eigenvalue weighted by Gasteiger charge is -2.06. The Bertz CT molecular complexity index is 924. The van der Waals surface area contributed by atoms with E-state index in [1.54, 1.807) is 24.3 Å². The van der Waals surface area contributed by atoms with Crippen molar-refractivity contribution in [3.63, 3.8) is 0 Å². The van der Waals surface area contributed by atoms with Gasteiger partial charge in [-0.25, -0.2) is 13.6 Å². The van der Waals surface area contributed by atoms with Crippen molar-refractivity contribution in [3.05, 3.63) is 59.8 Å². The van der Waals surface area contributed by atoms with E-state index in [1.165, 1.54) is 6.07 Å². The van der Waals surface area contributed by atoms with E-state index in [2.05, 4.69) is 15.5 Å². The Morgan fingerprint density at radius 1 is 1.12 bits per heavy atom.